The highest BCUT2D eigenvalue weighted by Gasteiger charge is 1.99. The predicted molar refractivity (Wildman–Crippen MR) is 77.4 cm³/mol. The molecule has 17 heavy (non-hydrogen) atoms. The molecular weight excluding hydrogens is 232 g/mol. The molecule has 0 aliphatic heterocycles. The summed E-state index contributed by atoms with van der Waals surface area (Å²) in [6.07, 6.45) is 10.8. The summed E-state index contributed by atoms with van der Waals surface area (Å²) in [5.74, 6) is 1.46. The molecule has 0 aromatic carbocycles. The third kappa shape index (κ3) is 13.7. The predicted octanol–water partition coefficient (Wildman–Crippen LogP) is 2.55. The fraction of sp³-hybridized carbons (Fsp3) is 0.923. The molecule has 0 aliphatic carbocycles. The Balaban J connectivity index is 3.11. The molecular formula is C13H28N2OS. The SMILES string of the molecule is CSCCCCCCNC(=O)CCCCCN. The van der Waals surface area contributed by atoms with E-state index in [-0.39, 0.29) is 5.91 Å². The van der Waals surface area contributed by atoms with Gasteiger partial charge in [0.15, 0.2) is 0 Å². The van der Waals surface area contributed by atoms with E-state index in [2.05, 4.69) is 11.6 Å². The van der Waals surface area contributed by atoms with Gasteiger partial charge in [-0.15, -0.1) is 0 Å². The van der Waals surface area contributed by atoms with Crippen LogP contribution in [0.1, 0.15) is 51.4 Å². The molecule has 0 saturated heterocycles. The molecule has 0 aromatic heterocycles. The van der Waals surface area contributed by atoms with Gasteiger partial charge < -0.3 is 11.1 Å². The normalized spacial score (nSPS) is 10.5. The number of rotatable bonds is 12. The molecule has 0 spiro atoms. The van der Waals surface area contributed by atoms with Crippen LogP contribution in [0.2, 0.25) is 0 Å². The highest BCUT2D eigenvalue weighted by Crippen LogP contribution is 2.04. The summed E-state index contributed by atoms with van der Waals surface area (Å²) in [4.78, 5) is 11.4. The monoisotopic (exact) mass is 260 g/mol. The Morgan fingerprint density at radius 2 is 1.76 bits per heavy atom. The quantitative estimate of drug-likeness (QED) is 0.530. The van der Waals surface area contributed by atoms with Crippen molar-refractivity contribution in [2.24, 2.45) is 5.73 Å². The van der Waals surface area contributed by atoms with Crippen molar-refractivity contribution in [3.8, 4) is 0 Å². The van der Waals surface area contributed by atoms with Crippen molar-refractivity contribution in [2.45, 2.75) is 51.4 Å². The zero-order valence-corrected chi connectivity index (χ0v) is 12.0. The van der Waals surface area contributed by atoms with Crippen LogP contribution >= 0.6 is 11.8 Å². The van der Waals surface area contributed by atoms with Crippen LogP contribution in [0.15, 0.2) is 0 Å². The molecule has 0 bridgehead atoms. The van der Waals surface area contributed by atoms with Gasteiger partial charge in [-0.1, -0.05) is 19.3 Å². The van der Waals surface area contributed by atoms with Crippen molar-refractivity contribution in [3.05, 3.63) is 0 Å². The minimum absolute atomic E-state index is 0.200. The smallest absolute Gasteiger partial charge is 0.219 e. The van der Waals surface area contributed by atoms with Crippen LogP contribution in [0.4, 0.5) is 0 Å². The summed E-state index contributed by atoms with van der Waals surface area (Å²) in [6, 6.07) is 0. The van der Waals surface area contributed by atoms with Crippen LogP contribution in [-0.4, -0.2) is 31.0 Å². The summed E-state index contributed by atoms with van der Waals surface area (Å²) in [5.41, 5.74) is 5.39. The summed E-state index contributed by atoms with van der Waals surface area (Å²) < 4.78 is 0. The van der Waals surface area contributed by atoms with Gasteiger partial charge in [0, 0.05) is 13.0 Å². The Morgan fingerprint density at radius 1 is 1.06 bits per heavy atom. The van der Waals surface area contributed by atoms with Gasteiger partial charge in [0.1, 0.15) is 0 Å². The lowest BCUT2D eigenvalue weighted by atomic mass is 10.2. The molecule has 102 valence electrons. The molecule has 0 atom stereocenters. The van der Waals surface area contributed by atoms with E-state index in [9.17, 15) is 4.79 Å². The van der Waals surface area contributed by atoms with Crippen molar-refractivity contribution in [1.29, 1.82) is 0 Å². The van der Waals surface area contributed by atoms with E-state index in [4.69, 9.17) is 5.73 Å². The van der Waals surface area contributed by atoms with E-state index in [1.165, 1.54) is 25.0 Å². The third-order valence-electron chi connectivity index (χ3n) is 2.71. The molecule has 0 rings (SSSR count). The summed E-state index contributed by atoms with van der Waals surface area (Å²) in [5, 5.41) is 2.98. The van der Waals surface area contributed by atoms with Crippen LogP contribution in [-0.2, 0) is 4.79 Å². The highest BCUT2D eigenvalue weighted by molar-refractivity contribution is 7.98. The van der Waals surface area contributed by atoms with Gasteiger partial charge >= 0.3 is 0 Å². The Morgan fingerprint density at radius 3 is 2.47 bits per heavy atom. The van der Waals surface area contributed by atoms with Gasteiger partial charge in [0.05, 0.1) is 0 Å². The van der Waals surface area contributed by atoms with Crippen molar-refractivity contribution < 1.29 is 4.79 Å². The Hall–Kier alpha value is -0.220. The lowest BCUT2D eigenvalue weighted by Crippen LogP contribution is -2.24. The number of carbonyl (C=O) groups is 1. The number of carbonyl (C=O) groups excluding carboxylic acids is 1. The maximum absolute atomic E-state index is 11.4. The lowest BCUT2D eigenvalue weighted by molar-refractivity contribution is -0.121. The van der Waals surface area contributed by atoms with Gasteiger partial charge in [-0.25, -0.2) is 0 Å². The fourth-order valence-electron chi connectivity index (χ4n) is 1.65. The number of hydrogen-bond acceptors (Lipinski definition) is 3. The molecule has 0 saturated carbocycles. The van der Waals surface area contributed by atoms with E-state index in [0.29, 0.717) is 6.42 Å². The largest absolute Gasteiger partial charge is 0.356 e. The van der Waals surface area contributed by atoms with E-state index >= 15 is 0 Å². The molecule has 0 aliphatic rings. The first-order valence-electron chi connectivity index (χ1n) is 6.77. The second-order valence-electron chi connectivity index (χ2n) is 4.36. The number of nitrogens with two attached hydrogens (primary N) is 1. The molecule has 1 amide bonds. The lowest BCUT2D eigenvalue weighted by Gasteiger charge is -2.05. The highest BCUT2D eigenvalue weighted by atomic mass is 32.2. The van der Waals surface area contributed by atoms with Crippen molar-refractivity contribution in [3.63, 3.8) is 0 Å². The Labute approximate surface area is 110 Å². The van der Waals surface area contributed by atoms with Crippen molar-refractivity contribution >= 4 is 17.7 Å². The average Bonchev–Trinajstić information content (AvgIpc) is 2.33. The molecule has 0 radical (unpaired) electrons. The molecule has 3 nitrogen and oxygen atoms in total. The minimum atomic E-state index is 0.200. The summed E-state index contributed by atoms with van der Waals surface area (Å²) in [7, 11) is 0. The van der Waals surface area contributed by atoms with Crippen molar-refractivity contribution in [1.82, 2.24) is 5.32 Å². The van der Waals surface area contributed by atoms with Crippen molar-refractivity contribution in [2.75, 3.05) is 25.1 Å². The van der Waals surface area contributed by atoms with Crippen LogP contribution in [0.3, 0.4) is 0 Å². The fourth-order valence-corrected chi connectivity index (χ4v) is 2.14. The Kier molecular flexibility index (Phi) is 13.7. The van der Waals surface area contributed by atoms with Gasteiger partial charge in [0.25, 0.3) is 0 Å². The number of hydrogen-bond donors (Lipinski definition) is 2. The van der Waals surface area contributed by atoms with E-state index in [1.807, 2.05) is 11.8 Å². The topological polar surface area (TPSA) is 55.1 Å². The molecule has 0 heterocycles. The number of amides is 1. The van der Waals surface area contributed by atoms with Gasteiger partial charge in [0.2, 0.25) is 5.91 Å². The first-order chi connectivity index (χ1) is 8.31. The second kappa shape index (κ2) is 13.8. The number of unbranched alkanes of at least 4 members (excludes halogenated alkanes) is 5. The molecule has 0 aromatic rings. The zero-order chi connectivity index (χ0) is 12.8. The van der Waals surface area contributed by atoms with Crippen LogP contribution < -0.4 is 11.1 Å². The summed E-state index contributed by atoms with van der Waals surface area (Å²) in [6.45, 7) is 1.58. The first-order valence-corrected chi connectivity index (χ1v) is 8.16. The number of nitrogens with one attached hydrogen (secondary N) is 1. The minimum Gasteiger partial charge on any atom is -0.356 e. The first kappa shape index (κ1) is 16.8. The van der Waals surface area contributed by atoms with E-state index in [0.717, 1.165) is 38.8 Å². The summed E-state index contributed by atoms with van der Waals surface area (Å²) >= 11 is 1.90. The molecule has 0 fully saturated rings. The van der Waals surface area contributed by atoms with E-state index < -0.39 is 0 Å². The molecule has 3 N–H and O–H groups in total. The van der Waals surface area contributed by atoms with Gasteiger partial charge in [-0.3, -0.25) is 4.79 Å². The van der Waals surface area contributed by atoms with Crippen LogP contribution in [0.25, 0.3) is 0 Å². The van der Waals surface area contributed by atoms with Gasteiger partial charge in [-0.05, 0) is 44.2 Å². The van der Waals surface area contributed by atoms with Gasteiger partial charge in [-0.2, -0.15) is 11.8 Å². The maximum atomic E-state index is 11.4. The molecule has 4 heteroatoms. The van der Waals surface area contributed by atoms with Crippen LogP contribution in [0, 0.1) is 0 Å². The second-order valence-corrected chi connectivity index (χ2v) is 5.34. The zero-order valence-electron chi connectivity index (χ0n) is 11.2. The Bertz CT molecular complexity index is 177. The third-order valence-corrected chi connectivity index (χ3v) is 3.40. The maximum Gasteiger partial charge on any atom is 0.219 e. The standard InChI is InChI=1S/C13H28N2OS/c1-17-12-8-3-2-7-11-15-13(16)9-5-4-6-10-14/h2-12,14H2,1H3,(H,15,16). The van der Waals surface area contributed by atoms with E-state index in [1.54, 1.807) is 0 Å². The average molecular weight is 260 g/mol. The molecule has 0 unspecified atom stereocenters. The number of thioether (sulfide) groups is 1. The van der Waals surface area contributed by atoms with Crippen LogP contribution in [0.5, 0.6) is 0 Å².